The first-order valence-corrected chi connectivity index (χ1v) is 4.32. The normalized spacial score (nSPS) is 10.3. The average Bonchev–Trinajstić information content (AvgIpc) is 2.26. The van der Waals surface area contributed by atoms with Gasteiger partial charge < -0.3 is 14.8 Å². The minimum Gasteiger partial charge on any atom is -0.490 e. The van der Waals surface area contributed by atoms with Gasteiger partial charge in [0.15, 0.2) is 12.0 Å². The van der Waals surface area contributed by atoms with Gasteiger partial charge in [-0.3, -0.25) is 9.59 Å². The second kappa shape index (κ2) is 8.74. The summed E-state index contributed by atoms with van der Waals surface area (Å²) in [6.45, 7) is 0.391. The predicted molar refractivity (Wildman–Crippen MR) is 51.2 cm³/mol. The van der Waals surface area contributed by atoms with E-state index in [0.29, 0.717) is 19.0 Å². The number of carbonyl (C=O) groups excluding carboxylic acids is 3. The highest BCUT2D eigenvalue weighted by molar-refractivity contribution is 5.79. The Bertz CT molecular complexity index is 249. The van der Waals surface area contributed by atoms with E-state index in [1.165, 1.54) is 7.05 Å². The minimum absolute atomic E-state index is 0.0371. The SMILES string of the molecule is CNC(=O)OCCCO/C(C=O)=C\C=O. The minimum atomic E-state index is -0.519. The Morgan fingerprint density at radius 2 is 1.93 bits per heavy atom. The number of hydrogen-bond donors (Lipinski definition) is 1. The van der Waals surface area contributed by atoms with Gasteiger partial charge in [-0.05, 0) is 0 Å². The number of allylic oxidation sites excluding steroid dienone is 2. The molecule has 0 aliphatic carbocycles. The first-order chi connectivity index (χ1) is 7.24. The van der Waals surface area contributed by atoms with Gasteiger partial charge in [0, 0.05) is 19.5 Å². The summed E-state index contributed by atoms with van der Waals surface area (Å²) < 4.78 is 9.56. The third kappa shape index (κ3) is 7.24. The molecule has 0 fully saturated rings. The molecule has 0 aromatic rings. The van der Waals surface area contributed by atoms with Crippen molar-refractivity contribution in [3.05, 3.63) is 11.8 Å². The monoisotopic (exact) mass is 215 g/mol. The van der Waals surface area contributed by atoms with Crippen LogP contribution in [-0.4, -0.2) is 38.9 Å². The zero-order valence-corrected chi connectivity index (χ0v) is 8.39. The second-order valence-electron chi connectivity index (χ2n) is 2.41. The highest BCUT2D eigenvalue weighted by Crippen LogP contribution is 1.94. The number of rotatable bonds is 7. The van der Waals surface area contributed by atoms with Gasteiger partial charge >= 0.3 is 6.09 Å². The summed E-state index contributed by atoms with van der Waals surface area (Å²) in [5, 5.41) is 2.28. The van der Waals surface area contributed by atoms with Crippen molar-refractivity contribution in [2.75, 3.05) is 20.3 Å². The molecular formula is C9H13NO5. The van der Waals surface area contributed by atoms with E-state index in [1.807, 2.05) is 0 Å². The largest absolute Gasteiger partial charge is 0.490 e. The second-order valence-corrected chi connectivity index (χ2v) is 2.41. The van der Waals surface area contributed by atoms with Crippen molar-refractivity contribution in [2.24, 2.45) is 0 Å². The van der Waals surface area contributed by atoms with Crippen LogP contribution >= 0.6 is 0 Å². The van der Waals surface area contributed by atoms with E-state index in [-0.39, 0.29) is 19.0 Å². The highest BCUT2D eigenvalue weighted by Gasteiger charge is 1.98. The molecule has 1 amide bonds. The molecule has 0 heterocycles. The van der Waals surface area contributed by atoms with Crippen LogP contribution in [-0.2, 0) is 19.1 Å². The molecule has 0 unspecified atom stereocenters. The fraction of sp³-hybridized carbons (Fsp3) is 0.444. The number of amides is 1. The maximum atomic E-state index is 10.6. The molecule has 0 rings (SSSR count). The van der Waals surface area contributed by atoms with Crippen molar-refractivity contribution in [2.45, 2.75) is 6.42 Å². The molecule has 0 saturated carbocycles. The van der Waals surface area contributed by atoms with E-state index in [4.69, 9.17) is 4.74 Å². The van der Waals surface area contributed by atoms with Crippen LogP contribution in [0, 0.1) is 0 Å². The van der Waals surface area contributed by atoms with Crippen LogP contribution in [0.25, 0.3) is 0 Å². The Morgan fingerprint density at radius 3 is 2.47 bits per heavy atom. The molecule has 6 nitrogen and oxygen atoms in total. The summed E-state index contributed by atoms with van der Waals surface area (Å²) in [6, 6.07) is 0. The number of hydrogen-bond acceptors (Lipinski definition) is 5. The Morgan fingerprint density at radius 1 is 1.27 bits per heavy atom. The molecule has 1 N–H and O–H groups in total. The third-order valence-electron chi connectivity index (χ3n) is 1.34. The van der Waals surface area contributed by atoms with Crippen LogP contribution in [0.5, 0.6) is 0 Å². The standard InChI is InChI=1S/C9H13NO5/c1-10-9(13)15-6-2-5-14-8(7-12)3-4-11/h3-4,7H,2,5-6H2,1H3,(H,10,13)/b8-3-. The van der Waals surface area contributed by atoms with Gasteiger partial charge in [0.2, 0.25) is 0 Å². The summed E-state index contributed by atoms with van der Waals surface area (Å²) in [4.78, 5) is 30.8. The smallest absolute Gasteiger partial charge is 0.406 e. The van der Waals surface area contributed by atoms with Crippen LogP contribution in [0.4, 0.5) is 4.79 Å². The van der Waals surface area contributed by atoms with E-state index in [1.54, 1.807) is 0 Å². The van der Waals surface area contributed by atoms with Crippen LogP contribution in [0.1, 0.15) is 6.42 Å². The van der Waals surface area contributed by atoms with Gasteiger partial charge in [-0.1, -0.05) is 0 Å². The zero-order valence-electron chi connectivity index (χ0n) is 8.39. The molecule has 0 atom stereocenters. The molecule has 0 aliphatic rings. The maximum Gasteiger partial charge on any atom is 0.406 e. The van der Waals surface area contributed by atoms with Crippen molar-refractivity contribution >= 4 is 18.7 Å². The lowest BCUT2D eigenvalue weighted by molar-refractivity contribution is -0.109. The van der Waals surface area contributed by atoms with Crippen molar-refractivity contribution in [1.29, 1.82) is 0 Å². The molecule has 0 saturated heterocycles. The highest BCUT2D eigenvalue weighted by atomic mass is 16.5. The molecule has 6 heteroatoms. The van der Waals surface area contributed by atoms with Gasteiger partial charge in [-0.2, -0.15) is 0 Å². The first-order valence-electron chi connectivity index (χ1n) is 4.32. The fourth-order valence-electron chi connectivity index (χ4n) is 0.674. The number of nitrogens with one attached hydrogen (secondary N) is 1. The molecule has 84 valence electrons. The van der Waals surface area contributed by atoms with Crippen molar-refractivity contribution in [1.82, 2.24) is 5.32 Å². The van der Waals surface area contributed by atoms with E-state index >= 15 is 0 Å². The number of ether oxygens (including phenoxy) is 2. The van der Waals surface area contributed by atoms with Gasteiger partial charge in [0.25, 0.3) is 0 Å². The molecule has 0 radical (unpaired) electrons. The Hall–Kier alpha value is -1.85. The maximum absolute atomic E-state index is 10.6. The first kappa shape index (κ1) is 13.2. The topological polar surface area (TPSA) is 81.7 Å². The van der Waals surface area contributed by atoms with Gasteiger partial charge in [-0.15, -0.1) is 0 Å². The van der Waals surface area contributed by atoms with Crippen LogP contribution < -0.4 is 5.32 Å². The molecule has 0 bridgehead atoms. The van der Waals surface area contributed by atoms with E-state index in [9.17, 15) is 14.4 Å². The fourth-order valence-corrected chi connectivity index (χ4v) is 0.674. The number of aldehydes is 2. The van der Waals surface area contributed by atoms with Crippen LogP contribution in [0.3, 0.4) is 0 Å². The Balaban J connectivity index is 3.53. The summed E-state index contributed by atoms with van der Waals surface area (Å²) in [5.41, 5.74) is 0. The lowest BCUT2D eigenvalue weighted by Crippen LogP contribution is -2.20. The summed E-state index contributed by atoms with van der Waals surface area (Å²) in [5.74, 6) is -0.0371. The molecule has 0 aliphatic heterocycles. The number of alkyl carbamates (subject to hydrolysis) is 1. The molecule has 0 aromatic heterocycles. The molecular weight excluding hydrogens is 202 g/mol. The zero-order chi connectivity index (χ0) is 11.5. The van der Waals surface area contributed by atoms with Crippen molar-refractivity contribution in [3.8, 4) is 0 Å². The van der Waals surface area contributed by atoms with Crippen LogP contribution in [0.2, 0.25) is 0 Å². The molecule has 0 aromatic carbocycles. The van der Waals surface area contributed by atoms with E-state index < -0.39 is 6.09 Å². The molecule has 0 spiro atoms. The van der Waals surface area contributed by atoms with E-state index in [2.05, 4.69) is 10.1 Å². The Labute approximate surface area is 87.2 Å². The van der Waals surface area contributed by atoms with Crippen molar-refractivity contribution < 1.29 is 23.9 Å². The van der Waals surface area contributed by atoms with Gasteiger partial charge in [-0.25, -0.2) is 4.79 Å². The third-order valence-corrected chi connectivity index (χ3v) is 1.34. The van der Waals surface area contributed by atoms with E-state index in [0.717, 1.165) is 6.08 Å². The molecule has 15 heavy (non-hydrogen) atoms. The summed E-state index contributed by atoms with van der Waals surface area (Å²) >= 11 is 0. The van der Waals surface area contributed by atoms with Crippen LogP contribution in [0.15, 0.2) is 11.8 Å². The predicted octanol–water partition coefficient (Wildman–Crippen LogP) is 0.0308. The van der Waals surface area contributed by atoms with Gasteiger partial charge in [0.1, 0.15) is 6.29 Å². The lowest BCUT2D eigenvalue weighted by atomic mass is 10.4. The average molecular weight is 215 g/mol. The number of carbonyl (C=O) groups is 3. The quantitative estimate of drug-likeness (QED) is 0.280. The Kier molecular flexibility index (Phi) is 7.66. The summed E-state index contributed by atoms with van der Waals surface area (Å²) in [6.07, 6.45) is 1.84. The van der Waals surface area contributed by atoms with Gasteiger partial charge in [0.05, 0.1) is 13.2 Å². The van der Waals surface area contributed by atoms with Crippen molar-refractivity contribution in [3.63, 3.8) is 0 Å². The summed E-state index contributed by atoms with van der Waals surface area (Å²) in [7, 11) is 1.45. The lowest BCUT2D eigenvalue weighted by Gasteiger charge is -2.05.